The summed E-state index contributed by atoms with van der Waals surface area (Å²) in [5, 5.41) is 15.5. The summed E-state index contributed by atoms with van der Waals surface area (Å²) in [5.74, 6) is 0.116. The summed E-state index contributed by atoms with van der Waals surface area (Å²) in [7, 11) is 0. The molecule has 2 aromatic heterocycles. The van der Waals surface area contributed by atoms with Crippen molar-refractivity contribution in [2.75, 3.05) is 0 Å². The lowest BCUT2D eigenvalue weighted by Crippen LogP contribution is -2.42. The normalized spacial score (nSPS) is 19.1. The number of halogens is 4. The number of rotatable bonds is 4. The van der Waals surface area contributed by atoms with Gasteiger partial charge in [0.15, 0.2) is 5.60 Å². The Labute approximate surface area is 145 Å². The first-order chi connectivity index (χ1) is 11.7. The Balaban J connectivity index is 1.79. The predicted octanol–water partition coefficient (Wildman–Crippen LogP) is 3.70. The van der Waals surface area contributed by atoms with Gasteiger partial charge in [-0.25, -0.2) is 9.67 Å². The van der Waals surface area contributed by atoms with Crippen LogP contribution >= 0.6 is 11.6 Å². The van der Waals surface area contributed by atoms with Crippen LogP contribution in [0.1, 0.15) is 24.2 Å². The first-order valence-electron chi connectivity index (χ1n) is 7.56. The summed E-state index contributed by atoms with van der Waals surface area (Å²) in [6.45, 7) is -0.0115. The van der Waals surface area contributed by atoms with Crippen molar-refractivity contribution in [3.63, 3.8) is 0 Å². The Hall–Kier alpha value is -2.06. The van der Waals surface area contributed by atoms with Gasteiger partial charge in [-0.15, -0.1) is 11.6 Å². The maximum atomic E-state index is 12.9. The number of alkyl halides is 4. The van der Waals surface area contributed by atoms with E-state index in [2.05, 4.69) is 10.1 Å². The number of nitrogens with zero attached hydrogens (tertiary/aromatic N) is 3. The number of hydrogen-bond donors (Lipinski definition) is 1. The van der Waals surface area contributed by atoms with Gasteiger partial charge in [0.2, 0.25) is 0 Å². The maximum absolute atomic E-state index is 12.9. The number of hydrogen-bond acceptors (Lipinski definition) is 4. The van der Waals surface area contributed by atoms with Gasteiger partial charge in [0, 0.05) is 5.39 Å². The number of benzene rings is 1. The van der Waals surface area contributed by atoms with Crippen LogP contribution < -0.4 is 0 Å². The number of aliphatic hydroxyl groups is 1. The Bertz CT molecular complexity index is 918. The van der Waals surface area contributed by atoms with Crippen molar-refractivity contribution in [2.24, 2.45) is 0 Å². The molecule has 1 saturated carbocycles. The zero-order valence-corrected chi connectivity index (χ0v) is 13.6. The predicted molar refractivity (Wildman–Crippen MR) is 83.0 cm³/mol. The van der Waals surface area contributed by atoms with Crippen molar-refractivity contribution in [3.8, 4) is 0 Å². The highest BCUT2D eigenvalue weighted by atomic mass is 35.5. The van der Waals surface area contributed by atoms with Gasteiger partial charge in [-0.2, -0.15) is 18.3 Å². The average Bonchev–Trinajstić information content (AvgIpc) is 2.99. The molecule has 0 aliphatic heterocycles. The lowest BCUT2D eigenvalue weighted by molar-refractivity contribution is -0.137. The third kappa shape index (κ3) is 2.69. The molecule has 0 radical (unpaired) electrons. The summed E-state index contributed by atoms with van der Waals surface area (Å²) in [6.07, 6.45) is -0.581. The Morgan fingerprint density at radius 1 is 1.28 bits per heavy atom. The van der Waals surface area contributed by atoms with E-state index in [9.17, 15) is 18.3 Å². The van der Waals surface area contributed by atoms with E-state index >= 15 is 0 Å². The SMILES string of the molecule is OC(Cn1cncn1)(c1cc2cc(C(F)(F)F)ccc2o1)C1(Cl)CC1. The largest absolute Gasteiger partial charge is 0.458 e. The Morgan fingerprint density at radius 3 is 2.64 bits per heavy atom. The number of fused-ring (bicyclic) bond motifs is 1. The summed E-state index contributed by atoms with van der Waals surface area (Å²) in [6, 6.07) is 4.58. The van der Waals surface area contributed by atoms with E-state index in [-0.39, 0.29) is 23.3 Å². The second-order valence-electron chi connectivity index (χ2n) is 6.28. The summed E-state index contributed by atoms with van der Waals surface area (Å²) >= 11 is 6.48. The molecule has 0 spiro atoms. The van der Waals surface area contributed by atoms with Crippen LogP contribution in [-0.2, 0) is 18.3 Å². The average molecular weight is 372 g/mol. The number of furan rings is 1. The highest BCUT2D eigenvalue weighted by Crippen LogP contribution is 2.56. The van der Waals surface area contributed by atoms with Crippen LogP contribution in [0.15, 0.2) is 41.3 Å². The van der Waals surface area contributed by atoms with Gasteiger partial charge in [0.1, 0.15) is 24.0 Å². The summed E-state index contributed by atoms with van der Waals surface area (Å²) in [4.78, 5) is 2.88. The highest BCUT2D eigenvalue weighted by molar-refractivity contribution is 6.26. The Kier molecular flexibility index (Phi) is 3.42. The van der Waals surface area contributed by atoms with E-state index in [1.165, 1.54) is 29.5 Å². The van der Waals surface area contributed by atoms with E-state index in [4.69, 9.17) is 16.0 Å². The third-order valence-electron chi connectivity index (χ3n) is 4.54. The molecule has 0 bridgehead atoms. The van der Waals surface area contributed by atoms with Crippen LogP contribution in [0.25, 0.3) is 11.0 Å². The lowest BCUT2D eigenvalue weighted by atomic mass is 9.93. The molecule has 5 nitrogen and oxygen atoms in total. The third-order valence-corrected chi connectivity index (χ3v) is 5.23. The molecule has 0 amide bonds. The minimum atomic E-state index is -4.45. The topological polar surface area (TPSA) is 64.1 Å². The fourth-order valence-electron chi connectivity index (χ4n) is 2.94. The fraction of sp³-hybridized carbons (Fsp3) is 0.375. The van der Waals surface area contributed by atoms with Crippen LogP contribution in [0.4, 0.5) is 13.2 Å². The van der Waals surface area contributed by atoms with Crippen molar-refractivity contribution >= 4 is 22.6 Å². The van der Waals surface area contributed by atoms with Crippen molar-refractivity contribution in [1.29, 1.82) is 0 Å². The van der Waals surface area contributed by atoms with Crippen molar-refractivity contribution in [3.05, 3.63) is 48.2 Å². The van der Waals surface area contributed by atoms with Gasteiger partial charge in [-0.3, -0.25) is 0 Å². The molecule has 1 aliphatic rings. The van der Waals surface area contributed by atoms with Crippen LogP contribution in [0.2, 0.25) is 0 Å². The van der Waals surface area contributed by atoms with Crippen LogP contribution in [0.5, 0.6) is 0 Å². The van der Waals surface area contributed by atoms with Crippen LogP contribution in [0, 0.1) is 0 Å². The molecule has 9 heteroatoms. The first-order valence-corrected chi connectivity index (χ1v) is 7.94. The van der Waals surface area contributed by atoms with E-state index in [0.717, 1.165) is 12.1 Å². The molecule has 1 aliphatic carbocycles. The molecule has 1 atom stereocenters. The van der Waals surface area contributed by atoms with Gasteiger partial charge in [-0.05, 0) is 37.1 Å². The summed E-state index contributed by atoms with van der Waals surface area (Å²) in [5.41, 5.74) is -2.14. The molecular formula is C16H13ClF3N3O2. The fourth-order valence-corrected chi connectivity index (χ4v) is 3.18. The standard InChI is InChI=1S/C16H13ClF3N3O2/c17-14(3-4-14)15(24,7-23-9-21-8-22-23)13-6-10-5-11(16(18,19)20)1-2-12(10)25-13/h1-2,5-6,8-9,24H,3-4,7H2. The Morgan fingerprint density at radius 2 is 2.04 bits per heavy atom. The smallest absolute Gasteiger partial charge is 0.416 e. The monoisotopic (exact) mass is 371 g/mol. The molecule has 25 heavy (non-hydrogen) atoms. The van der Waals surface area contributed by atoms with Crippen molar-refractivity contribution in [2.45, 2.75) is 36.0 Å². The van der Waals surface area contributed by atoms with E-state index in [0.29, 0.717) is 12.8 Å². The summed E-state index contributed by atoms with van der Waals surface area (Å²) < 4.78 is 45.7. The molecule has 2 heterocycles. The first kappa shape index (κ1) is 16.4. The molecule has 1 fully saturated rings. The van der Waals surface area contributed by atoms with Crippen LogP contribution in [0.3, 0.4) is 0 Å². The minimum Gasteiger partial charge on any atom is -0.458 e. The molecule has 4 rings (SSSR count). The van der Waals surface area contributed by atoms with Crippen molar-refractivity contribution in [1.82, 2.24) is 14.8 Å². The zero-order valence-electron chi connectivity index (χ0n) is 12.8. The molecule has 1 N–H and O–H groups in total. The van der Waals surface area contributed by atoms with Gasteiger partial charge in [0.05, 0.1) is 17.0 Å². The maximum Gasteiger partial charge on any atom is 0.416 e. The number of aromatic nitrogens is 3. The lowest BCUT2D eigenvalue weighted by Gasteiger charge is -2.30. The van der Waals surface area contributed by atoms with Gasteiger partial charge < -0.3 is 9.52 Å². The minimum absolute atomic E-state index is 0.0115. The van der Waals surface area contributed by atoms with Gasteiger partial charge >= 0.3 is 6.18 Å². The molecule has 1 unspecified atom stereocenters. The second kappa shape index (κ2) is 5.22. The molecule has 0 saturated heterocycles. The highest BCUT2D eigenvalue weighted by Gasteiger charge is 2.61. The van der Waals surface area contributed by atoms with E-state index in [1.54, 1.807) is 0 Å². The molecule has 1 aromatic carbocycles. The molecule has 3 aromatic rings. The zero-order chi connectivity index (χ0) is 17.9. The van der Waals surface area contributed by atoms with E-state index in [1.807, 2.05) is 0 Å². The van der Waals surface area contributed by atoms with Gasteiger partial charge in [0.25, 0.3) is 0 Å². The van der Waals surface area contributed by atoms with Crippen LogP contribution in [-0.4, -0.2) is 24.7 Å². The quantitative estimate of drug-likeness (QED) is 0.710. The molecule has 132 valence electrons. The van der Waals surface area contributed by atoms with Crippen molar-refractivity contribution < 1.29 is 22.7 Å². The second-order valence-corrected chi connectivity index (χ2v) is 7.00. The van der Waals surface area contributed by atoms with E-state index < -0.39 is 22.2 Å². The van der Waals surface area contributed by atoms with Gasteiger partial charge in [-0.1, -0.05) is 0 Å². The molecular weight excluding hydrogens is 359 g/mol.